The maximum Gasteiger partial charge on any atom is 0.231 e. The second-order valence-electron chi connectivity index (χ2n) is 1.70. The molecule has 0 aliphatic carbocycles. The molecule has 0 aliphatic rings. The van der Waals surface area contributed by atoms with Gasteiger partial charge < -0.3 is 0 Å². The summed E-state index contributed by atoms with van der Waals surface area (Å²) in [4.78, 5) is 0. The number of halogens is 3. The van der Waals surface area contributed by atoms with Gasteiger partial charge in [0.2, 0.25) is 10.4 Å². The summed E-state index contributed by atoms with van der Waals surface area (Å²) in [5.74, 6) is 0. The fourth-order valence-corrected chi connectivity index (χ4v) is 0.888. The highest BCUT2D eigenvalue weighted by molar-refractivity contribution is 8.03. The molecule has 0 aromatic carbocycles. The average Bonchev–Trinajstić information content (AvgIpc) is 1.63. The van der Waals surface area contributed by atoms with E-state index in [1.165, 1.54) is 0 Å². The summed E-state index contributed by atoms with van der Waals surface area (Å²) >= 11 is 5.46. The van der Waals surface area contributed by atoms with Crippen molar-refractivity contribution >= 4 is 23.4 Å². The Bertz CT molecular complexity index is 118. The first-order valence-electron chi connectivity index (χ1n) is 2.41. The fraction of sp³-hybridized carbons (Fsp3) is 0.600. The Labute approximate surface area is 62.3 Å². The zero-order valence-electron chi connectivity index (χ0n) is 5.12. The van der Waals surface area contributed by atoms with Crippen LogP contribution in [-0.4, -0.2) is 5.25 Å². The highest BCUT2D eigenvalue weighted by atomic mass is 35.5. The predicted molar refractivity (Wildman–Crippen MR) is 37.8 cm³/mol. The third-order valence-corrected chi connectivity index (χ3v) is 1.62. The van der Waals surface area contributed by atoms with Crippen molar-refractivity contribution < 1.29 is 8.78 Å². The zero-order chi connectivity index (χ0) is 7.44. The maximum absolute atomic E-state index is 12.1. The fourth-order valence-electron chi connectivity index (χ4n) is 0.251. The number of hydrogen-bond acceptors (Lipinski definition) is 1. The maximum atomic E-state index is 12.1. The molecule has 0 atom stereocenters. The molecule has 0 unspecified atom stereocenters. The normalized spacial score (nSPS) is 14.0. The van der Waals surface area contributed by atoms with Crippen molar-refractivity contribution in [2.45, 2.75) is 19.1 Å². The van der Waals surface area contributed by atoms with E-state index in [4.69, 9.17) is 0 Å². The minimum atomic E-state index is -1.26. The Morgan fingerprint density at radius 2 is 1.89 bits per heavy atom. The van der Waals surface area contributed by atoms with E-state index in [1.807, 2.05) is 0 Å². The van der Waals surface area contributed by atoms with Crippen molar-refractivity contribution in [3.05, 3.63) is 10.4 Å². The summed E-state index contributed by atoms with van der Waals surface area (Å²) in [6.45, 7) is 3.51. The molecule has 0 amide bonds. The van der Waals surface area contributed by atoms with E-state index in [0.717, 1.165) is 11.8 Å². The number of thioether (sulfide) groups is 1. The number of rotatable bonds is 2. The van der Waals surface area contributed by atoms with Gasteiger partial charge in [-0.05, 0) is 11.6 Å². The van der Waals surface area contributed by atoms with Gasteiger partial charge in [-0.1, -0.05) is 25.6 Å². The van der Waals surface area contributed by atoms with Crippen molar-refractivity contribution in [2.24, 2.45) is 0 Å². The van der Waals surface area contributed by atoms with E-state index in [-0.39, 0.29) is 5.25 Å². The molecule has 0 saturated heterocycles. The van der Waals surface area contributed by atoms with Gasteiger partial charge in [-0.2, -0.15) is 8.78 Å². The number of hydrogen-bond donors (Lipinski definition) is 0. The molecule has 0 radical (unpaired) electrons. The Morgan fingerprint density at radius 3 is 2.00 bits per heavy atom. The van der Waals surface area contributed by atoms with Crippen LogP contribution in [0.4, 0.5) is 8.78 Å². The van der Waals surface area contributed by atoms with Crippen LogP contribution in [0.15, 0.2) is 10.4 Å². The second-order valence-corrected chi connectivity index (χ2v) is 3.57. The van der Waals surface area contributed by atoms with Crippen LogP contribution in [0.1, 0.15) is 13.8 Å². The third-order valence-electron chi connectivity index (χ3n) is 0.488. The summed E-state index contributed by atoms with van der Waals surface area (Å²) in [5, 5.41) is -2.17. The lowest BCUT2D eigenvalue weighted by atomic mass is 10.6. The highest BCUT2D eigenvalue weighted by Crippen LogP contribution is 2.27. The second kappa shape index (κ2) is 4.12. The molecule has 0 spiro atoms. The minimum Gasteiger partial charge on any atom is -0.195 e. The molecule has 0 aromatic heterocycles. The molecule has 0 heterocycles. The topological polar surface area (TPSA) is 0 Å². The van der Waals surface area contributed by atoms with Crippen LogP contribution < -0.4 is 0 Å². The lowest BCUT2D eigenvalue weighted by molar-refractivity contribution is 0.612. The molecule has 4 heteroatoms. The molecule has 0 aromatic rings. The lowest BCUT2D eigenvalue weighted by Crippen LogP contribution is -1.84. The SMILES string of the molecule is CC(C)S/C(F)=C(\F)Cl. The molecule has 0 fully saturated rings. The smallest absolute Gasteiger partial charge is 0.195 e. The van der Waals surface area contributed by atoms with E-state index in [0.29, 0.717) is 0 Å². The van der Waals surface area contributed by atoms with Crippen molar-refractivity contribution in [1.82, 2.24) is 0 Å². The molecule has 9 heavy (non-hydrogen) atoms. The van der Waals surface area contributed by atoms with Crippen LogP contribution >= 0.6 is 23.4 Å². The van der Waals surface area contributed by atoms with Crippen molar-refractivity contribution in [1.29, 1.82) is 0 Å². The highest BCUT2D eigenvalue weighted by Gasteiger charge is 2.05. The van der Waals surface area contributed by atoms with Crippen molar-refractivity contribution in [2.75, 3.05) is 0 Å². The van der Waals surface area contributed by atoms with Gasteiger partial charge in [-0.3, -0.25) is 0 Å². The van der Waals surface area contributed by atoms with Gasteiger partial charge in [0.05, 0.1) is 0 Å². The van der Waals surface area contributed by atoms with Crippen molar-refractivity contribution in [3.63, 3.8) is 0 Å². The molecule has 0 nitrogen and oxygen atoms in total. The van der Waals surface area contributed by atoms with Crippen LogP contribution in [0.2, 0.25) is 0 Å². The van der Waals surface area contributed by atoms with Gasteiger partial charge in [-0.25, -0.2) is 0 Å². The van der Waals surface area contributed by atoms with Crippen LogP contribution in [0.25, 0.3) is 0 Å². The molecule has 54 valence electrons. The molecule has 0 bridgehead atoms. The first kappa shape index (κ1) is 9.24. The summed E-state index contributed by atoms with van der Waals surface area (Å²) < 4.78 is 23.8. The molecule has 0 aliphatic heterocycles. The quantitative estimate of drug-likeness (QED) is 0.615. The van der Waals surface area contributed by atoms with Crippen LogP contribution in [0, 0.1) is 0 Å². The first-order chi connectivity index (χ1) is 4.04. The van der Waals surface area contributed by atoms with Gasteiger partial charge in [0.15, 0.2) is 0 Å². The molecular formula is C5H7ClF2S. The Morgan fingerprint density at radius 1 is 1.44 bits per heavy atom. The summed E-state index contributed by atoms with van der Waals surface area (Å²) in [5.41, 5.74) is 0. The summed E-state index contributed by atoms with van der Waals surface area (Å²) in [7, 11) is 0. The summed E-state index contributed by atoms with van der Waals surface area (Å²) in [6.07, 6.45) is 0. The van der Waals surface area contributed by atoms with Gasteiger partial charge >= 0.3 is 0 Å². The van der Waals surface area contributed by atoms with E-state index >= 15 is 0 Å². The van der Waals surface area contributed by atoms with Gasteiger partial charge in [-0.15, -0.1) is 0 Å². The summed E-state index contributed by atoms with van der Waals surface area (Å²) in [6, 6.07) is 0. The molecule has 0 saturated carbocycles. The molecule has 0 rings (SSSR count). The third kappa shape index (κ3) is 4.73. The first-order valence-corrected chi connectivity index (χ1v) is 3.67. The largest absolute Gasteiger partial charge is 0.231 e. The Kier molecular flexibility index (Phi) is 4.23. The average molecular weight is 173 g/mol. The minimum absolute atomic E-state index is 0.0227. The zero-order valence-corrected chi connectivity index (χ0v) is 6.69. The monoisotopic (exact) mass is 172 g/mol. The Balaban J connectivity index is 3.77. The molecule has 0 N–H and O–H groups in total. The Hall–Kier alpha value is 0.240. The van der Waals surface area contributed by atoms with E-state index < -0.39 is 10.4 Å². The van der Waals surface area contributed by atoms with Crippen LogP contribution in [-0.2, 0) is 0 Å². The van der Waals surface area contributed by atoms with E-state index in [2.05, 4.69) is 11.6 Å². The van der Waals surface area contributed by atoms with Gasteiger partial charge in [0.25, 0.3) is 0 Å². The van der Waals surface area contributed by atoms with Crippen LogP contribution in [0.5, 0.6) is 0 Å². The van der Waals surface area contributed by atoms with Crippen LogP contribution in [0.3, 0.4) is 0 Å². The predicted octanol–water partition coefficient (Wildman–Crippen LogP) is 3.43. The van der Waals surface area contributed by atoms with Crippen molar-refractivity contribution in [3.8, 4) is 0 Å². The standard InChI is InChI=1S/C5H7ClF2S/c1-3(2)9-5(8)4(6)7/h3H,1-2H3/b5-4-. The van der Waals surface area contributed by atoms with Gasteiger partial charge in [0.1, 0.15) is 0 Å². The lowest BCUT2D eigenvalue weighted by Gasteiger charge is -1.98. The van der Waals surface area contributed by atoms with Gasteiger partial charge in [0, 0.05) is 5.25 Å². The molecular weight excluding hydrogens is 166 g/mol. The van der Waals surface area contributed by atoms with E-state index in [9.17, 15) is 8.78 Å². The van der Waals surface area contributed by atoms with E-state index in [1.54, 1.807) is 13.8 Å².